The molecule has 0 fully saturated rings. The van der Waals surface area contributed by atoms with Gasteiger partial charge in [-0.15, -0.1) is 0 Å². The smallest absolute Gasteiger partial charge is 0.383 e. The van der Waals surface area contributed by atoms with Crippen LogP contribution in [-0.4, -0.2) is 57.1 Å². The van der Waals surface area contributed by atoms with Gasteiger partial charge >= 0.3 is 17.5 Å². The van der Waals surface area contributed by atoms with Crippen molar-refractivity contribution in [2.75, 3.05) is 39.6 Å². The molecule has 0 aromatic carbocycles. The minimum Gasteiger partial charge on any atom is -0.383 e. The van der Waals surface area contributed by atoms with Gasteiger partial charge in [0.1, 0.15) is 0 Å². The highest BCUT2D eigenvalue weighted by molar-refractivity contribution is 6.64. The van der Waals surface area contributed by atoms with E-state index in [4.69, 9.17) is 22.1 Å². The van der Waals surface area contributed by atoms with Gasteiger partial charge in [0.05, 0.1) is 0 Å². The first-order valence-corrected chi connectivity index (χ1v) is 14.8. The fourth-order valence-corrected chi connectivity index (χ4v) is 9.64. The van der Waals surface area contributed by atoms with Crippen molar-refractivity contribution in [3.05, 3.63) is 0 Å². The monoisotopic (exact) mass is 423 g/mol. The van der Waals surface area contributed by atoms with Crippen LogP contribution in [-0.2, 0) is 22.1 Å². The van der Waals surface area contributed by atoms with Gasteiger partial charge in [-0.2, -0.15) is 0 Å². The molecule has 0 amide bonds. The maximum absolute atomic E-state index is 6.11. The molecule has 1 unspecified atom stereocenters. The van der Waals surface area contributed by atoms with Gasteiger partial charge in [-0.25, -0.2) is 0 Å². The van der Waals surface area contributed by atoms with Crippen LogP contribution in [0.5, 0.6) is 0 Å². The first-order chi connectivity index (χ1) is 13.0. The summed E-state index contributed by atoms with van der Waals surface area (Å²) >= 11 is 0. The van der Waals surface area contributed by atoms with Crippen molar-refractivity contribution < 1.29 is 22.1 Å². The molecule has 0 radical (unpaired) electrons. The fraction of sp³-hybridized carbons (Fsp3) is 1.00. The van der Waals surface area contributed by atoms with Gasteiger partial charge in [-0.3, -0.25) is 4.98 Å². The molecular weight excluding hydrogens is 378 g/mol. The Balaban J connectivity index is 4.90. The Morgan fingerprint density at radius 2 is 1.19 bits per heavy atom. The first kappa shape index (κ1) is 27.2. The van der Waals surface area contributed by atoms with Crippen molar-refractivity contribution in [1.82, 2.24) is 4.98 Å². The predicted octanol–water partition coefficient (Wildman–Crippen LogP) is 4.61. The van der Waals surface area contributed by atoms with E-state index in [-0.39, 0.29) is 0 Å². The summed E-state index contributed by atoms with van der Waals surface area (Å²) in [4.78, 5) is 3.65. The molecule has 0 spiro atoms. The zero-order chi connectivity index (χ0) is 20.6. The summed E-state index contributed by atoms with van der Waals surface area (Å²) < 4.78 is 30.5. The zero-order valence-electron chi connectivity index (χ0n) is 18.9. The van der Waals surface area contributed by atoms with Gasteiger partial charge in [-0.1, -0.05) is 20.3 Å². The lowest BCUT2D eigenvalue weighted by molar-refractivity contribution is 0.0589. The predicted molar refractivity (Wildman–Crippen MR) is 116 cm³/mol. The summed E-state index contributed by atoms with van der Waals surface area (Å²) in [5.74, 6) is 0. The van der Waals surface area contributed by atoms with Crippen molar-refractivity contribution in [3.63, 3.8) is 0 Å². The molecule has 0 bridgehead atoms. The lowest BCUT2D eigenvalue weighted by Crippen LogP contribution is -2.56. The van der Waals surface area contributed by atoms with Crippen LogP contribution in [0.25, 0.3) is 0 Å². The van der Waals surface area contributed by atoms with Crippen molar-refractivity contribution in [1.29, 1.82) is 0 Å². The number of hydrogen-bond acceptors (Lipinski definition) is 6. The quantitative estimate of drug-likeness (QED) is 0.242. The van der Waals surface area contributed by atoms with E-state index in [9.17, 15) is 0 Å². The topological polar surface area (TPSA) is 58.2 Å². The third-order valence-corrected chi connectivity index (χ3v) is 11.7. The van der Waals surface area contributed by atoms with Crippen LogP contribution in [0.3, 0.4) is 0 Å². The van der Waals surface area contributed by atoms with E-state index >= 15 is 0 Å². The summed E-state index contributed by atoms with van der Waals surface area (Å²) in [5.41, 5.74) is 0.320. The normalized spacial score (nSPS) is 13.9. The van der Waals surface area contributed by atoms with Crippen LogP contribution in [0.4, 0.5) is 0 Å². The van der Waals surface area contributed by atoms with Gasteiger partial charge < -0.3 is 22.1 Å². The maximum atomic E-state index is 6.11. The Hall–Kier alpha value is 0.194. The van der Waals surface area contributed by atoms with Crippen molar-refractivity contribution in [2.24, 2.45) is 0 Å². The number of nitrogens with one attached hydrogen (secondary N) is 1. The minimum absolute atomic E-state index is 0.320. The second-order valence-electron chi connectivity index (χ2n) is 6.45. The van der Waals surface area contributed by atoms with E-state index in [1.54, 1.807) is 0 Å². The maximum Gasteiger partial charge on any atom is 0.504 e. The molecule has 164 valence electrons. The van der Waals surface area contributed by atoms with E-state index in [1.165, 1.54) is 0 Å². The molecule has 1 N–H and O–H groups in total. The molecule has 0 saturated carbocycles. The SMILES string of the molecule is CCC[Si](NCCCC(CC)[Si](OCC)(OCC)OCC)(OCC)OCC. The van der Waals surface area contributed by atoms with Crippen LogP contribution in [0.2, 0.25) is 11.6 Å². The lowest BCUT2D eigenvalue weighted by atomic mass is 10.2. The molecule has 0 aliphatic rings. The van der Waals surface area contributed by atoms with Crippen molar-refractivity contribution in [2.45, 2.75) is 85.7 Å². The first-order valence-electron chi connectivity index (χ1n) is 11.0. The Bertz CT molecular complexity index is 316. The molecule has 0 aromatic rings. The third kappa shape index (κ3) is 9.49. The average molecular weight is 424 g/mol. The van der Waals surface area contributed by atoms with Gasteiger partial charge in [0.15, 0.2) is 0 Å². The molecule has 6 nitrogen and oxygen atoms in total. The molecule has 0 aromatic heterocycles. The molecule has 0 aliphatic heterocycles. The second-order valence-corrected chi connectivity index (χ2v) is 12.3. The molecule has 0 saturated heterocycles. The van der Waals surface area contributed by atoms with E-state index in [0.29, 0.717) is 38.6 Å². The molecule has 27 heavy (non-hydrogen) atoms. The van der Waals surface area contributed by atoms with Gasteiger partial charge in [0.2, 0.25) is 0 Å². The highest BCUT2D eigenvalue weighted by atomic mass is 28.4. The largest absolute Gasteiger partial charge is 0.504 e. The number of hydrogen-bond donors (Lipinski definition) is 1. The van der Waals surface area contributed by atoms with E-state index in [2.05, 4.69) is 18.8 Å². The second kappa shape index (κ2) is 16.0. The van der Waals surface area contributed by atoms with E-state index in [1.807, 2.05) is 34.6 Å². The Morgan fingerprint density at radius 1 is 0.704 bits per heavy atom. The summed E-state index contributed by atoms with van der Waals surface area (Å²) in [5, 5.41) is 0. The Morgan fingerprint density at radius 3 is 1.56 bits per heavy atom. The fourth-order valence-electron chi connectivity index (χ4n) is 3.51. The molecule has 0 aliphatic carbocycles. The summed E-state index contributed by atoms with van der Waals surface area (Å²) in [6, 6.07) is 0.974. The van der Waals surface area contributed by atoms with Crippen LogP contribution in [0, 0.1) is 0 Å². The van der Waals surface area contributed by atoms with Crippen LogP contribution in [0.1, 0.15) is 74.1 Å². The zero-order valence-corrected chi connectivity index (χ0v) is 20.9. The van der Waals surface area contributed by atoms with Gasteiger partial charge in [0, 0.05) is 44.6 Å². The molecule has 0 rings (SSSR count). The highest BCUT2D eigenvalue weighted by Gasteiger charge is 2.47. The minimum atomic E-state index is -2.65. The third-order valence-electron chi connectivity index (χ3n) is 4.49. The molecule has 0 heterocycles. The number of rotatable bonds is 19. The van der Waals surface area contributed by atoms with Crippen LogP contribution >= 0.6 is 0 Å². The van der Waals surface area contributed by atoms with Gasteiger partial charge in [-0.05, 0) is 60.4 Å². The highest BCUT2D eigenvalue weighted by Crippen LogP contribution is 2.33. The van der Waals surface area contributed by atoms with Crippen molar-refractivity contribution >= 4 is 17.5 Å². The summed E-state index contributed by atoms with van der Waals surface area (Å²) in [6.07, 6.45) is 4.11. The van der Waals surface area contributed by atoms with Crippen LogP contribution in [0.15, 0.2) is 0 Å². The van der Waals surface area contributed by atoms with Crippen LogP contribution < -0.4 is 4.98 Å². The van der Waals surface area contributed by atoms with E-state index in [0.717, 1.165) is 38.3 Å². The molecule has 1 atom stereocenters. The molecular formula is C19H45NO5Si2. The van der Waals surface area contributed by atoms with Crippen molar-refractivity contribution in [3.8, 4) is 0 Å². The van der Waals surface area contributed by atoms with E-state index < -0.39 is 17.5 Å². The van der Waals surface area contributed by atoms with Gasteiger partial charge in [0.25, 0.3) is 0 Å². The lowest BCUT2D eigenvalue weighted by Gasteiger charge is -2.35. The summed E-state index contributed by atoms with van der Waals surface area (Å²) in [7, 11) is -4.95. The molecule has 8 heteroatoms. The average Bonchev–Trinajstić information content (AvgIpc) is 2.63. The Labute approximate surface area is 170 Å². The standard InChI is InChI=1S/C19H45NO5Si2/c1-8-18-26(21-10-3,22-11-4)20-17-15-16-19(9-2)27(23-12-5,24-13-6)25-14-7/h19-20H,8-18H2,1-7H3. The Kier molecular flexibility index (Phi) is 16.2. The summed E-state index contributed by atoms with van der Waals surface area (Å²) in [6.45, 7) is 18.7.